The third-order valence-corrected chi connectivity index (χ3v) is 1.74. The second-order valence-corrected chi connectivity index (χ2v) is 2.63. The summed E-state index contributed by atoms with van der Waals surface area (Å²) >= 11 is 5.27. The predicted octanol–water partition coefficient (Wildman–Crippen LogP) is 2.30. The van der Waals surface area contributed by atoms with Gasteiger partial charge in [-0.15, -0.1) is 0 Å². The van der Waals surface area contributed by atoms with Gasteiger partial charge in [-0.3, -0.25) is 0 Å². The molecular formula is C7H5ClF3NO. The lowest BCUT2D eigenvalue weighted by Gasteiger charge is -2.07. The summed E-state index contributed by atoms with van der Waals surface area (Å²) in [6.07, 6.45) is -2.87. The van der Waals surface area contributed by atoms with Gasteiger partial charge in [-0.05, 0) is 11.6 Å². The van der Waals surface area contributed by atoms with Crippen molar-refractivity contribution in [3.63, 3.8) is 0 Å². The van der Waals surface area contributed by atoms with E-state index in [2.05, 4.69) is 4.98 Å². The first-order chi connectivity index (χ1) is 6.06. The molecule has 1 heterocycles. The maximum Gasteiger partial charge on any atom is 0.267 e. The van der Waals surface area contributed by atoms with Crippen LogP contribution in [0.4, 0.5) is 13.2 Å². The Labute approximate surface area is 77.0 Å². The summed E-state index contributed by atoms with van der Waals surface area (Å²) in [4.78, 5) is 3.01. The number of rotatable bonds is 2. The molecule has 1 aromatic heterocycles. The lowest BCUT2D eigenvalue weighted by Crippen LogP contribution is -2.00. The summed E-state index contributed by atoms with van der Waals surface area (Å²) in [7, 11) is 0. The third kappa shape index (κ3) is 2.10. The van der Waals surface area contributed by atoms with Gasteiger partial charge in [0.05, 0.1) is 12.2 Å². The summed E-state index contributed by atoms with van der Waals surface area (Å²) in [6, 6.07) is 0.730. The maximum atomic E-state index is 12.5. The van der Waals surface area contributed by atoms with E-state index in [0.29, 0.717) is 0 Å². The first kappa shape index (κ1) is 10.3. The summed E-state index contributed by atoms with van der Waals surface area (Å²) in [6.45, 7) is -0.696. The molecule has 0 amide bonds. The molecule has 0 aromatic carbocycles. The van der Waals surface area contributed by atoms with Gasteiger partial charge in [0.1, 0.15) is 5.15 Å². The van der Waals surface area contributed by atoms with Crippen LogP contribution in [0.1, 0.15) is 17.6 Å². The second-order valence-electron chi connectivity index (χ2n) is 2.27. The summed E-state index contributed by atoms with van der Waals surface area (Å²) < 4.78 is 37.0. The van der Waals surface area contributed by atoms with E-state index in [1.807, 2.05) is 0 Å². The van der Waals surface area contributed by atoms with Gasteiger partial charge in [0.15, 0.2) is 0 Å². The van der Waals surface area contributed by atoms with Crippen LogP contribution >= 0.6 is 11.6 Å². The van der Waals surface area contributed by atoms with Crippen LogP contribution in [0.3, 0.4) is 0 Å². The number of hydrogen-bond donors (Lipinski definition) is 1. The third-order valence-electron chi connectivity index (χ3n) is 1.46. The van der Waals surface area contributed by atoms with Crippen molar-refractivity contribution in [2.45, 2.75) is 13.0 Å². The Balaban J connectivity index is 3.30. The van der Waals surface area contributed by atoms with Crippen molar-refractivity contribution in [3.05, 3.63) is 28.3 Å². The van der Waals surface area contributed by atoms with Gasteiger partial charge >= 0.3 is 0 Å². The van der Waals surface area contributed by atoms with Gasteiger partial charge in [-0.25, -0.2) is 13.8 Å². The number of aliphatic hydroxyl groups is 1. The molecule has 0 spiro atoms. The zero-order chi connectivity index (χ0) is 10.0. The number of aromatic nitrogens is 1. The first-order valence-electron chi connectivity index (χ1n) is 3.30. The van der Waals surface area contributed by atoms with Gasteiger partial charge < -0.3 is 5.11 Å². The van der Waals surface area contributed by atoms with Crippen LogP contribution in [0.5, 0.6) is 0 Å². The Bertz CT molecular complexity index is 319. The molecule has 1 aromatic rings. The Hall–Kier alpha value is -0.810. The largest absolute Gasteiger partial charge is 0.392 e. The van der Waals surface area contributed by atoms with Gasteiger partial charge in [0.25, 0.3) is 6.43 Å². The number of alkyl halides is 2. The van der Waals surface area contributed by atoms with Gasteiger partial charge in [-0.2, -0.15) is 4.39 Å². The topological polar surface area (TPSA) is 33.1 Å². The zero-order valence-electron chi connectivity index (χ0n) is 6.27. The molecule has 2 nitrogen and oxygen atoms in total. The van der Waals surface area contributed by atoms with E-state index in [1.54, 1.807) is 0 Å². The van der Waals surface area contributed by atoms with Gasteiger partial charge in [0, 0.05) is 0 Å². The van der Waals surface area contributed by atoms with E-state index in [1.165, 1.54) is 0 Å². The Morgan fingerprint density at radius 1 is 1.54 bits per heavy atom. The second kappa shape index (κ2) is 3.93. The summed E-state index contributed by atoms with van der Waals surface area (Å²) in [5, 5.41) is 8.02. The average Bonchev–Trinajstić information content (AvgIpc) is 2.01. The Morgan fingerprint density at radius 3 is 2.62 bits per heavy atom. The molecule has 0 aliphatic rings. The SMILES string of the molecule is OCc1cc(F)nc(Cl)c1C(F)F. The van der Waals surface area contributed by atoms with E-state index < -0.39 is 29.7 Å². The monoisotopic (exact) mass is 211 g/mol. The van der Waals surface area contributed by atoms with Crippen LogP contribution in [0.15, 0.2) is 6.07 Å². The molecule has 0 bridgehead atoms. The standard InChI is InChI=1S/C7H5ClF3NO/c8-6-5(7(10)11)3(2-13)1-4(9)12-6/h1,7,13H,2H2. The van der Waals surface area contributed by atoms with Crippen molar-refractivity contribution in [1.29, 1.82) is 0 Å². The van der Waals surface area contributed by atoms with Crippen molar-refractivity contribution in [1.82, 2.24) is 4.98 Å². The molecule has 0 radical (unpaired) electrons. The number of hydrogen-bond acceptors (Lipinski definition) is 2. The normalized spacial score (nSPS) is 10.9. The molecular weight excluding hydrogens is 207 g/mol. The predicted molar refractivity (Wildman–Crippen MR) is 40.1 cm³/mol. The fourth-order valence-corrected chi connectivity index (χ4v) is 1.19. The van der Waals surface area contributed by atoms with E-state index in [9.17, 15) is 13.2 Å². The minimum atomic E-state index is -2.87. The molecule has 6 heteroatoms. The van der Waals surface area contributed by atoms with Crippen molar-refractivity contribution in [3.8, 4) is 0 Å². The zero-order valence-corrected chi connectivity index (χ0v) is 7.02. The number of halogens is 4. The van der Waals surface area contributed by atoms with E-state index in [4.69, 9.17) is 16.7 Å². The highest BCUT2D eigenvalue weighted by Crippen LogP contribution is 2.29. The van der Waals surface area contributed by atoms with E-state index in [0.717, 1.165) is 6.07 Å². The highest BCUT2D eigenvalue weighted by atomic mass is 35.5. The minimum absolute atomic E-state index is 0.243. The number of pyridine rings is 1. The Kier molecular flexibility index (Phi) is 3.11. The molecule has 1 rings (SSSR count). The first-order valence-corrected chi connectivity index (χ1v) is 3.68. The molecule has 0 fully saturated rings. The number of aliphatic hydroxyl groups excluding tert-OH is 1. The molecule has 13 heavy (non-hydrogen) atoms. The van der Waals surface area contributed by atoms with Crippen LogP contribution in [0.25, 0.3) is 0 Å². The lowest BCUT2D eigenvalue weighted by molar-refractivity contribution is 0.146. The molecule has 0 atom stereocenters. The van der Waals surface area contributed by atoms with Crippen LogP contribution < -0.4 is 0 Å². The molecule has 1 N–H and O–H groups in total. The van der Waals surface area contributed by atoms with Gasteiger partial charge in [0.2, 0.25) is 5.95 Å². The van der Waals surface area contributed by atoms with Crippen molar-refractivity contribution < 1.29 is 18.3 Å². The average molecular weight is 212 g/mol. The van der Waals surface area contributed by atoms with Crippen LogP contribution in [0.2, 0.25) is 5.15 Å². The molecule has 72 valence electrons. The van der Waals surface area contributed by atoms with Crippen LogP contribution in [0, 0.1) is 5.95 Å². The molecule has 0 aliphatic carbocycles. The molecule has 0 unspecified atom stereocenters. The van der Waals surface area contributed by atoms with Crippen molar-refractivity contribution in [2.75, 3.05) is 0 Å². The number of nitrogens with zero attached hydrogens (tertiary/aromatic N) is 1. The van der Waals surface area contributed by atoms with Crippen LogP contribution in [-0.4, -0.2) is 10.1 Å². The fraction of sp³-hybridized carbons (Fsp3) is 0.286. The van der Waals surface area contributed by atoms with Crippen molar-refractivity contribution >= 4 is 11.6 Å². The Morgan fingerprint density at radius 2 is 2.15 bits per heavy atom. The van der Waals surface area contributed by atoms with E-state index >= 15 is 0 Å². The summed E-state index contributed by atoms with van der Waals surface area (Å²) in [5.41, 5.74) is -0.863. The van der Waals surface area contributed by atoms with Crippen LogP contribution in [-0.2, 0) is 6.61 Å². The highest BCUT2D eigenvalue weighted by molar-refractivity contribution is 6.30. The van der Waals surface area contributed by atoms with Crippen molar-refractivity contribution in [2.24, 2.45) is 0 Å². The van der Waals surface area contributed by atoms with Gasteiger partial charge in [-0.1, -0.05) is 11.6 Å². The van der Waals surface area contributed by atoms with E-state index in [-0.39, 0.29) is 5.56 Å². The maximum absolute atomic E-state index is 12.5. The minimum Gasteiger partial charge on any atom is -0.392 e. The molecule has 0 saturated heterocycles. The fourth-order valence-electron chi connectivity index (χ4n) is 0.901. The summed E-state index contributed by atoms with van der Waals surface area (Å²) in [5.74, 6) is -0.988. The molecule has 0 aliphatic heterocycles. The quantitative estimate of drug-likeness (QED) is 0.762. The highest BCUT2D eigenvalue weighted by Gasteiger charge is 2.19. The lowest BCUT2D eigenvalue weighted by atomic mass is 10.1. The molecule has 0 saturated carbocycles. The smallest absolute Gasteiger partial charge is 0.267 e.